The molecule has 0 aliphatic carbocycles. The molecule has 0 aliphatic rings. The van der Waals surface area contributed by atoms with Crippen molar-refractivity contribution in [2.24, 2.45) is 0 Å². The highest BCUT2D eigenvalue weighted by Gasteiger charge is 2.11. The third-order valence-electron chi connectivity index (χ3n) is 2.52. The van der Waals surface area contributed by atoms with Crippen molar-refractivity contribution in [1.29, 1.82) is 0 Å². The molecule has 0 amide bonds. The third kappa shape index (κ3) is 3.03. The lowest BCUT2D eigenvalue weighted by Crippen LogP contribution is -2.03. The molecule has 0 fully saturated rings. The first-order chi connectivity index (χ1) is 8.56. The van der Waals surface area contributed by atoms with Crippen LogP contribution in [-0.2, 0) is 6.42 Å². The van der Waals surface area contributed by atoms with E-state index in [0.29, 0.717) is 11.1 Å². The SMILES string of the molecule is OC(Cc1ccc(F)c(Cl)c1)c1cncc(F)c1. The normalized spacial score (nSPS) is 12.4. The van der Waals surface area contributed by atoms with E-state index in [9.17, 15) is 13.9 Å². The topological polar surface area (TPSA) is 33.1 Å². The highest BCUT2D eigenvalue weighted by atomic mass is 35.5. The van der Waals surface area contributed by atoms with Gasteiger partial charge in [0, 0.05) is 18.2 Å². The smallest absolute Gasteiger partial charge is 0.141 e. The van der Waals surface area contributed by atoms with Gasteiger partial charge in [-0.05, 0) is 23.8 Å². The van der Waals surface area contributed by atoms with Gasteiger partial charge in [0.15, 0.2) is 0 Å². The van der Waals surface area contributed by atoms with E-state index < -0.39 is 17.7 Å². The number of rotatable bonds is 3. The molecule has 1 atom stereocenters. The molecule has 0 bridgehead atoms. The molecule has 94 valence electrons. The predicted octanol–water partition coefficient (Wildman–Crippen LogP) is 3.29. The van der Waals surface area contributed by atoms with Crippen LogP contribution < -0.4 is 0 Å². The van der Waals surface area contributed by atoms with E-state index in [2.05, 4.69) is 4.98 Å². The van der Waals surface area contributed by atoms with Gasteiger partial charge < -0.3 is 5.11 Å². The highest BCUT2D eigenvalue weighted by molar-refractivity contribution is 6.30. The number of pyridine rings is 1. The van der Waals surface area contributed by atoms with Crippen molar-refractivity contribution in [2.75, 3.05) is 0 Å². The monoisotopic (exact) mass is 269 g/mol. The minimum absolute atomic E-state index is 0.00272. The summed E-state index contributed by atoms with van der Waals surface area (Å²) < 4.78 is 25.9. The van der Waals surface area contributed by atoms with Gasteiger partial charge in [-0.1, -0.05) is 17.7 Å². The van der Waals surface area contributed by atoms with Gasteiger partial charge >= 0.3 is 0 Å². The molecular formula is C13H10ClF2NO. The molecule has 1 N–H and O–H groups in total. The average molecular weight is 270 g/mol. The number of aliphatic hydroxyl groups excluding tert-OH is 1. The summed E-state index contributed by atoms with van der Waals surface area (Å²) in [7, 11) is 0. The van der Waals surface area contributed by atoms with Gasteiger partial charge in [-0.25, -0.2) is 8.78 Å². The molecule has 18 heavy (non-hydrogen) atoms. The Morgan fingerprint density at radius 3 is 2.67 bits per heavy atom. The van der Waals surface area contributed by atoms with Crippen LogP contribution in [-0.4, -0.2) is 10.1 Å². The number of aliphatic hydroxyl groups is 1. The zero-order valence-electron chi connectivity index (χ0n) is 9.28. The molecule has 2 aromatic rings. The molecule has 1 unspecified atom stereocenters. The fraction of sp³-hybridized carbons (Fsp3) is 0.154. The number of aromatic nitrogens is 1. The van der Waals surface area contributed by atoms with E-state index in [1.807, 2.05) is 0 Å². The summed E-state index contributed by atoms with van der Waals surface area (Å²) in [4.78, 5) is 3.66. The van der Waals surface area contributed by atoms with Gasteiger partial charge in [-0.2, -0.15) is 0 Å². The lowest BCUT2D eigenvalue weighted by molar-refractivity contribution is 0.177. The number of halogens is 3. The summed E-state index contributed by atoms with van der Waals surface area (Å²) >= 11 is 5.64. The van der Waals surface area contributed by atoms with Gasteiger partial charge in [0.1, 0.15) is 11.6 Å². The van der Waals surface area contributed by atoms with Crippen LogP contribution in [0.5, 0.6) is 0 Å². The summed E-state index contributed by atoms with van der Waals surface area (Å²) in [6, 6.07) is 5.40. The van der Waals surface area contributed by atoms with E-state index in [-0.39, 0.29) is 11.4 Å². The standard InChI is InChI=1S/C13H10ClF2NO/c14-11-3-8(1-2-12(11)16)4-13(18)9-5-10(15)7-17-6-9/h1-3,5-7,13,18H,4H2. The number of hydrogen-bond acceptors (Lipinski definition) is 2. The summed E-state index contributed by atoms with van der Waals surface area (Å²) in [5.41, 5.74) is 1.04. The Morgan fingerprint density at radius 1 is 1.22 bits per heavy atom. The Balaban J connectivity index is 2.16. The summed E-state index contributed by atoms with van der Waals surface area (Å²) in [6.07, 6.45) is 1.75. The molecule has 0 spiro atoms. The van der Waals surface area contributed by atoms with E-state index in [0.717, 1.165) is 6.20 Å². The second kappa shape index (κ2) is 5.42. The van der Waals surface area contributed by atoms with E-state index >= 15 is 0 Å². The van der Waals surface area contributed by atoms with Crippen molar-refractivity contribution in [3.8, 4) is 0 Å². The van der Waals surface area contributed by atoms with Crippen molar-refractivity contribution in [3.05, 3.63) is 64.4 Å². The second-order valence-electron chi connectivity index (χ2n) is 3.90. The molecule has 1 heterocycles. The average Bonchev–Trinajstić information content (AvgIpc) is 2.34. The molecular weight excluding hydrogens is 260 g/mol. The second-order valence-corrected chi connectivity index (χ2v) is 4.31. The van der Waals surface area contributed by atoms with Crippen LogP contribution in [0.25, 0.3) is 0 Å². The maximum Gasteiger partial charge on any atom is 0.141 e. The quantitative estimate of drug-likeness (QED) is 0.927. The molecule has 5 heteroatoms. The number of benzene rings is 1. The summed E-state index contributed by atoms with van der Waals surface area (Å²) in [6.45, 7) is 0. The molecule has 0 saturated carbocycles. The van der Waals surface area contributed by atoms with Crippen LogP contribution in [0.15, 0.2) is 36.7 Å². The number of nitrogens with zero attached hydrogens (tertiary/aromatic N) is 1. The van der Waals surface area contributed by atoms with Crippen molar-refractivity contribution >= 4 is 11.6 Å². The lowest BCUT2D eigenvalue weighted by atomic mass is 10.0. The first-order valence-electron chi connectivity index (χ1n) is 5.28. The lowest BCUT2D eigenvalue weighted by Gasteiger charge is -2.11. The van der Waals surface area contributed by atoms with Gasteiger partial charge in [-0.15, -0.1) is 0 Å². The predicted molar refractivity (Wildman–Crippen MR) is 64.3 cm³/mol. The van der Waals surface area contributed by atoms with Gasteiger partial charge in [0.2, 0.25) is 0 Å². The van der Waals surface area contributed by atoms with Crippen LogP contribution in [0.1, 0.15) is 17.2 Å². The van der Waals surface area contributed by atoms with Crippen molar-refractivity contribution < 1.29 is 13.9 Å². The maximum absolute atomic E-state index is 13.0. The fourth-order valence-electron chi connectivity index (χ4n) is 1.62. The molecule has 1 aromatic heterocycles. The van der Waals surface area contributed by atoms with Crippen LogP contribution in [0, 0.1) is 11.6 Å². The Bertz CT molecular complexity index is 562. The maximum atomic E-state index is 13.0. The zero-order valence-corrected chi connectivity index (χ0v) is 10.0. The summed E-state index contributed by atoms with van der Waals surface area (Å²) in [5.74, 6) is -1.02. The van der Waals surface area contributed by atoms with Crippen molar-refractivity contribution in [2.45, 2.75) is 12.5 Å². The van der Waals surface area contributed by atoms with E-state index in [4.69, 9.17) is 11.6 Å². The molecule has 0 radical (unpaired) electrons. The van der Waals surface area contributed by atoms with Crippen LogP contribution in [0.4, 0.5) is 8.78 Å². The minimum atomic E-state index is -0.908. The van der Waals surface area contributed by atoms with E-state index in [1.54, 1.807) is 0 Å². The van der Waals surface area contributed by atoms with Crippen LogP contribution >= 0.6 is 11.6 Å². The van der Waals surface area contributed by atoms with Crippen LogP contribution in [0.2, 0.25) is 5.02 Å². The molecule has 2 nitrogen and oxygen atoms in total. The van der Waals surface area contributed by atoms with Gasteiger partial charge in [0.05, 0.1) is 17.3 Å². The minimum Gasteiger partial charge on any atom is -0.388 e. The van der Waals surface area contributed by atoms with E-state index in [1.165, 1.54) is 30.5 Å². The molecule has 0 saturated heterocycles. The first-order valence-corrected chi connectivity index (χ1v) is 5.66. The first kappa shape index (κ1) is 12.9. The molecule has 1 aromatic carbocycles. The number of hydrogen-bond donors (Lipinski definition) is 1. The molecule has 0 aliphatic heterocycles. The van der Waals surface area contributed by atoms with Crippen LogP contribution in [0.3, 0.4) is 0 Å². The Morgan fingerprint density at radius 2 is 2.00 bits per heavy atom. The molecule has 2 rings (SSSR count). The summed E-state index contributed by atoms with van der Waals surface area (Å²) in [5, 5.41) is 9.91. The van der Waals surface area contributed by atoms with Crippen molar-refractivity contribution in [3.63, 3.8) is 0 Å². The fourth-order valence-corrected chi connectivity index (χ4v) is 1.82. The Labute approximate surface area is 108 Å². The highest BCUT2D eigenvalue weighted by Crippen LogP contribution is 2.22. The van der Waals surface area contributed by atoms with Gasteiger partial charge in [-0.3, -0.25) is 4.98 Å². The van der Waals surface area contributed by atoms with Crippen molar-refractivity contribution in [1.82, 2.24) is 4.98 Å². The largest absolute Gasteiger partial charge is 0.388 e. The zero-order chi connectivity index (χ0) is 13.1. The van der Waals surface area contributed by atoms with Gasteiger partial charge in [0.25, 0.3) is 0 Å². The Kier molecular flexibility index (Phi) is 3.89. The Hall–Kier alpha value is -1.52. The third-order valence-corrected chi connectivity index (χ3v) is 2.81.